The van der Waals surface area contributed by atoms with Crippen molar-refractivity contribution in [2.24, 2.45) is 11.8 Å². The van der Waals surface area contributed by atoms with E-state index in [4.69, 9.17) is 5.26 Å². The fraction of sp³-hybridized carbons (Fsp3) is 0.900. The second kappa shape index (κ2) is 5.13. The SMILES string of the molecule is N#CCC(CF)C1CCCCC1. The normalized spacial score (nSPS) is 21.7. The minimum atomic E-state index is -0.307. The molecule has 2 heteroatoms. The third-order valence-corrected chi connectivity index (χ3v) is 2.87. The standard InChI is InChI=1S/C10H16FN/c11-8-10(6-7-12)9-4-2-1-3-5-9/h9-10H,1-6,8H2. The first-order valence-electron chi connectivity index (χ1n) is 4.81. The summed E-state index contributed by atoms with van der Waals surface area (Å²) in [5.74, 6) is 0.513. The van der Waals surface area contributed by atoms with E-state index in [0.717, 1.165) is 12.8 Å². The van der Waals surface area contributed by atoms with E-state index in [0.29, 0.717) is 12.3 Å². The molecule has 1 nitrogen and oxygen atoms in total. The van der Waals surface area contributed by atoms with E-state index in [1.54, 1.807) is 0 Å². The van der Waals surface area contributed by atoms with Crippen LogP contribution in [0.3, 0.4) is 0 Å². The van der Waals surface area contributed by atoms with Crippen LogP contribution in [0.2, 0.25) is 0 Å². The average Bonchev–Trinajstić information content (AvgIpc) is 2.15. The molecule has 0 N–H and O–H groups in total. The summed E-state index contributed by atoms with van der Waals surface area (Å²) in [6.45, 7) is -0.307. The summed E-state index contributed by atoms with van der Waals surface area (Å²) in [4.78, 5) is 0. The summed E-state index contributed by atoms with van der Waals surface area (Å²) in [6.07, 6.45) is 6.43. The third-order valence-electron chi connectivity index (χ3n) is 2.87. The molecule has 1 aliphatic rings. The van der Waals surface area contributed by atoms with E-state index in [2.05, 4.69) is 6.07 Å². The molecule has 0 heterocycles. The van der Waals surface area contributed by atoms with Gasteiger partial charge in [-0.15, -0.1) is 0 Å². The zero-order chi connectivity index (χ0) is 8.81. The molecular formula is C10H16FN. The molecule has 0 amide bonds. The number of halogens is 1. The quantitative estimate of drug-likeness (QED) is 0.637. The van der Waals surface area contributed by atoms with Gasteiger partial charge >= 0.3 is 0 Å². The maximum absolute atomic E-state index is 12.5. The summed E-state index contributed by atoms with van der Waals surface area (Å²) >= 11 is 0. The van der Waals surface area contributed by atoms with Crippen LogP contribution in [-0.2, 0) is 0 Å². The van der Waals surface area contributed by atoms with E-state index in [1.165, 1.54) is 19.3 Å². The topological polar surface area (TPSA) is 23.8 Å². The van der Waals surface area contributed by atoms with Gasteiger partial charge in [0.2, 0.25) is 0 Å². The Morgan fingerprint density at radius 1 is 1.33 bits per heavy atom. The molecule has 1 fully saturated rings. The van der Waals surface area contributed by atoms with Crippen LogP contribution in [0, 0.1) is 23.2 Å². The second-order valence-electron chi connectivity index (χ2n) is 3.67. The van der Waals surface area contributed by atoms with Crippen molar-refractivity contribution in [1.29, 1.82) is 5.26 Å². The van der Waals surface area contributed by atoms with Gasteiger partial charge < -0.3 is 0 Å². The lowest BCUT2D eigenvalue weighted by molar-refractivity contribution is 0.209. The predicted octanol–water partition coefficient (Wildman–Crippen LogP) is 3.07. The molecule has 0 aromatic rings. The van der Waals surface area contributed by atoms with E-state index in [-0.39, 0.29) is 12.6 Å². The maximum atomic E-state index is 12.5. The number of nitriles is 1. The zero-order valence-corrected chi connectivity index (χ0v) is 7.43. The number of nitrogens with zero attached hydrogens (tertiary/aromatic N) is 1. The summed E-state index contributed by atoms with van der Waals surface area (Å²) in [6, 6.07) is 2.08. The van der Waals surface area contributed by atoms with E-state index in [9.17, 15) is 4.39 Å². The van der Waals surface area contributed by atoms with E-state index < -0.39 is 0 Å². The van der Waals surface area contributed by atoms with Crippen molar-refractivity contribution >= 4 is 0 Å². The highest BCUT2D eigenvalue weighted by molar-refractivity contribution is 4.81. The minimum absolute atomic E-state index is 0.0234. The van der Waals surface area contributed by atoms with Crippen LogP contribution >= 0.6 is 0 Å². The van der Waals surface area contributed by atoms with Gasteiger partial charge in [-0.3, -0.25) is 4.39 Å². The zero-order valence-electron chi connectivity index (χ0n) is 7.43. The number of hydrogen-bond acceptors (Lipinski definition) is 1. The molecule has 12 heavy (non-hydrogen) atoms. The predicted molar refractivity (Wildman–Crippen MR) is 46.3 cm³/mol. The molecule has 0 aromatic carbocycles. The fourth-order valence-corrected chi connectivity index (χ4v) is 2.07. The Balaban J connectivity index is 2.36. The van der Waals surface area contributed by atoms with Gasteiger partial charge in [-0.05, 0) is 5.92 Å². The van der Waals surface area contributed by atoms with Crippen LogP contribution in [0.1, 0.15) is 38.5 Å². The molecule has 0 aromatic heterocycles. The van der Waals surface area contributed by atoms with Crippen molar-refractivity contribution in [3.63, 3.8) is 0 Å². The Kier molecular flexibility index (Phi) is 4.07. The van der Waals surface area contributed by atoms with Gasteiger partial charge in [0.1, 0.15) is 0 Å². The van der Waals surface area contributed by atoms with Crippen LogP contribution in [0.4, 0.5) is 4.39 Å². The van der Waals surface area contributed by atoms with Crippen LogP contribution in [0.5, 0.6) is 0 Å². The Hall–Kier alpha value is -0.580. The Morgan fingerprint density at radius 3 is 2.50 bits per heavy atom. The first-order valence-corrected chi connectivity index (χ1v) is 4.81. The molecule has 0 aliphatic heterocycles. The molecule has 0 spiro atoms. The smallest absolute Gasteiger partial charge is 0.0935 e. The van der Waals surface area contributed by atoms with Crippen molar-refractivity contribution in [2.45, 2.75) is 38.5 Å². The molecular weight excluding hydrogens is 153 g/mol. The first-order chi connectivity index (χ1) is 5.88. The summed E-state index contributed by atoms with van der Waals surface area (Å²) in [7, 11) is 0. The van der Waals surface area contributed by atoms with Crippen molar-refractivity contribution in [1.82, 2.24) is 0 Å². The molecule has 1 atom stereocenters. The summed E-state index contributed by atoms with van der Waals surface area (Å²) in [5.41, 5.74) is 0. The van der Waals surface area contributed by atoms with E-state index in [1.807, 2.05) is 0 Å². The Morgan fingerprint density at radius 2 is 2.00 bits per heavy atom. The molecule has 1 rings (SSSR count). The van der Waals surface area contributed by atoms with Gasteiger partial charge in [-0.2, -0.15) is 5.26 Å². The van der Waals surface area contributed by atoms with Gasteiger partial charge in [0, 0.05) is 12.3 Å². The van der Waals surface area contributed by atoms with Crippen molar-refractivity contribution in [2.75, 3.05) is 6.67 Å². The van der Waals surface area contributed by atoms with Gasteiger partial charge in [-0.25, -0.2) is 0 Å². The van der Waals surface area contributed by atoms with Gasteiger partial charge in [0.25, 0.3) is 0 Å². The van der Waals surface area contributed by atoms with Crippen molar-refractivity contribution < 1.29 is 4.39 Å². The third kappa shape index (κ3) is 2.48. The van der Waals surface area contributed by atoms with Crippen LogP contribution in [0.25, 0.3) is 0 Å². The molecule has 68 valence electrons. The second-order valence-corrected chi connectivity index (χ2v) is 3.67. The minimum Gasteiger partial charge on any atom is -0.251 e. The van der Waals surface area contributed by atoms with Crippen molar-refractivity contribution in [3.8, 4) is 6.07 Å². The van der Waals surface area contributed by atoms with Gasteiger partial charge in [0.15, 0.2) is 0 Å². The summed E-state index contributed by atoms with van der Waals surface area (Å²) < 4.78 is 12.5. The Labute approximate surface area is 73.6 Å². The number of alkyl halides is 1. The fourth-order valence-electron chi connectivity index (χ4n) is 2.07. The molecule has 0 radical (unpaired) electrons. The highest BCUT2D eigenvalue weighted by Gasteiger charge is 2.22. The lowest BCUT2D eigenvalue weighted by Crippen LogP contribution is -2.19. The number of hydrogen-bond donors (Lipinski definition) is 0. The molecule has 0 bridgehead atoms. The lowest BCUT2D eigenvalue weighted by atomic mass is 9.79. The largest absolute Gasteiger partial charge is 0.251 e. The average molecular weight is 169 g/mol. The highest BCUT2D eigenvalue weighted by atomic mass is 19.1. The molecule has 1 aliphatic carbocycles. The molecule has 0 saturated heterocycles. The molecule has 1 saturated carbocycles. The van der Waals surface area contributed by atoms with Crippen LogP contribution in [-0.4, -0.2) is 6.67 Å². The van der Waals surface area contributed by atoms with Crippen LogP contribution in [0.15, 0.2) is 0 Å². The number of rotatable bonds is 3. The lowest BCUT2D eigenvalue weighted by Gasteiger charge is -2.26. The monoisotopic (exact) mass is 169 g/mol. The Bertz CT molecular complexity index is 156. The van der Waals surface area contributed by atoms with Gasteiger partial charge in [0.05, 0.1) is 12.7 Å². The summed E-state index contributed by atoms with van der Waals surface area (Å²) in [5, 5.41) is 8.48. The van der Waals surface area contributed by atoms with Crippen molar-refractivity contribution in [3.05, 3.63) is 0 Å². The highest BCUT2D eigenvalue weighted by Crippen LogP contribution is 2.31. The van der Waals surface area contributed by atoms with E-state index >= 15 is 0 Å². The van der Waals surface area contributed by atoms with Gasteiger partial charge in [-0.1, -0.05) is 32.1 Å². The van der Waals surface area contributed by atoms with Crippen LogP contribution < -0.4 is 0 Å². The maximum Gasteiger partial charge on any atom is 0.0935 e. The first kappa shape index (κ1) is 9.51. The molecule has 1 unspecified atom stereocenters.